The van der Waals surface area contributed by atoms with E-state index >= 15 is 0 Å². The van der Waals surface area contributed by atoms with Crippen LogP contribution in [0, 0.1) is 3.57 Å². The van der Waals surface area contributed by atoms with E-state index in [-0.39, 0.29) is 30.6 Å². The molecule has 0 saturated heterocycles. The monoisotopic (exact) mass is 407 g/mol. The van der Waals surface area contributed by atoms with Crippen LogP contribution in [-0.4, -0.2) is 11.7 Å². The van der Waals surface area contributed by atoms with Gasteiger partial charge in [0.15, 0.2) is 5.78 Å². The molecule has 22 heavy (non-hydrogen) atoms. The van der Waals surface area contributed by atoms with Crippen molar-refractivity contribution >= 4 is 34.3 Å². The summed E-state index contributed by atoms with van der Waals surface area (Å²) < 4.78 is 1.09. The summed E-state index contributed by atoms with van der Waals surface area (Å²) >= 11 is 2.20. The van der Waals surface area contributed by atoms with Gasteiger partial charge in [0.2, 0.25) is 5.91 Å². The average Bonchev–Trinajstić information content (AvgIpc) is 2.54. The number of nitrogens with one attached hydrogen (secondary N) is 1. The van der Waals surface area contributed by atoms with Crippen molar-refractivity contribution in [3.05, 3.63) is 69.3 Å². The fourth-order valence-electron chi connectivity index (χ4n) is 2.15. The number of carbonyl (C=O) groups excluding carboxylic acids is 2. The Labute approximate surface area is 144 Å². The molecule has 0 aliphatic carbocycles. The van der Waals surface area contributed by atoms with Crippen LogP contribution in [-0.2, 0) is 4.79 Å². The van der Waals surface area contributed by atoms with Crippen molar-refractivity contribution in [3.63, 3.8) is 0 Å². The summed E-state index contributed by atoms with van der Waals surface area (Å²) in [6.45, 7) is 1.94. The SMILES string of the molecule is C[C@H](NC(=O)CCC(=O)c1ccc(I)cc1)c1ccccc1. The van der Waals surface area contributed by atoms with Crippen molar-refractivity contribution in [3.8, 4) is 0 Å². The molecule has 1 atom stereocenters. The molecule has 2 aromatic rings. The zero-order valence-corrected chi connectivity index (χ0v) is 14.5. The molecule has 0 aliphatic rings. The van der Waals surface area contributed by atoms with Gasteiger partial charge in [0.25, 0.3) is 0 Å². The van der Waals surface area contributed by atoms with E-state index in [0.29, 0.717) is 5.56 Å². The number of carbonyl (C=O) groups is 2. The van der Waals surface area contributed by atoms with E-state index in [1.807, 2.05) is 49.4 Å². The van der Waals surface area contributed by atoms with Crippen LogP contribution in [0.5, 0.6) is 0 Å². The number of rotatable bonds is 6. The van der Waals surface area contributed by atoms with Crippen LogP contribution in [0.15, 0.2) is 54.6 Å². The van der Waals surface area contributed by atoms with Gasteiger partial charge in [-0.25, -0.2) is 0 Å². The Morgan fingerprint density at radius 1 is 1.00 bits per heavy atom. The van der Waals surface area contributed by atoms with Crippen LogP contribution < -0.4 is 5.32 Å². The number of Topliss-reactive ketones (excluding diaryl/α,β-unsaturated/α-hetero) is 1. The Morgan fingerprint density at radius 2 is 1.64 bits per heavy atom. The topological polar surface area (TPSA) is 46.2 Å². The Kier molecular flexibility index (Phi) is 6.12. The maximum absolute atomic E-state index is 12.0. The zero-order valence-electron chi connectivity index (χ0n) is 12.4. The van der Waals surface area contributed by atoms with E-state index in [1.54, 1.807) is 12.1 Å². The van der Waals surface area contributed by atoms with Gasteiger partial charge < -0.3 is 5.32 Å². The third-order valence-corrected chi connectivity index (χ3v) is 4.14. The van der Waals surface area contributed by atoms with Crippen LogP contribution in [0.25, 0.3) is 0 Å². The molecule has 2 rings (SSSR count). The minimum Gasteiger partial charge on any atom is -0.350 e. The molecule has 4 heteroatoms. The number of hydrogen-bond donors (Lipinski definition) is 1. The van der Waals surface area contributed by atoms with Gasteiger partial charge in [-0.1, -0.05) is 42.5 Å². The zero-order chi connectivity index (χ0) is 15.9. The van der Waals surface area contributed by atoms with Gasteiger partial charge >= 0.3 is 0 Å². The molecule has 1 N–H and O–H groups in total. The summed E-state index contributed by atoms with van der Waals surface area (Å²) in [5.41, 5.74) is 1.71. The number of halogens is 1. The van der Waals surface area contributed by atoms with Crippen molar-refractivity contribution in [1.29, 1.82) is 0 Å². The molecule has 0 spiro atoms. The molecule has 0 unspecified atom stereocenters. The summed E-state index contributed by atoms with van der Waals surface area (Å²) in [6, 6.07) is 17.1. The molecule has 0 fully saturated rings. The Bertz CT molecular complexity index is 638. The molecule has 1 amide bonds. The first-order valence-corrected chi connectivity index (χ1v) is 8.27. The van der Waals surface area contributed by atoms with Crippen LogP contribution in [0.1, 0.15) is 41.7 Å². The number of ketones is 1. The molecule has 0 bridgehead atoms. The van der Waals surface area contributed by atoms with Gasteiger partial charge in [-0.2, -0.15) is 0 Å². The lowest BCUT2D eigenvalue weighted by Gasteiger charge is -2.14. The standard InChI is InChI=1S/C18H18INO2/c1-13(14-5-3-2-4-6-14)20-18(22)12-11-17(21)15-7-9-16(19)10-8-15/h2-10,13H,11-12H2,1H3,(H,20,22)/t13-/m0/s1. The summed E-state index contributed by atoms with van der Waals surface area (Å²) in [6.07, 6.45) is 0.440. The molecule has 0 aliphatic heterocycles. The molecule has 0 saturated carbocycles. The highest BCUT2D eigenvalue weighted by Gasteiger charge is 2.12. The Hall–Kier alpha value is -1.69. The highest BCUT2D eigenvalue weighted by atomic mass is 127. The van der Waals surface area contributed by atoms with Crippen LogP contribution in [0.3, 0.4) is 0 Å². The smallest absolute Gasteiger partial charge is 0.220 e. The summed E-state index contributed by atoms with van der Waals surface area (Å²) in [4.78, 5) is 24.0. The predicted molar refractivity (Wildman–Crippen MR) is 95.7 cm³/mol. The van der Waals surface area contributed by atoms with Gasteiger partial charge in [0.05, 0.1) is 6.04 Å². The first-order valence-electron chi connectivity index (χ1n) is 7.19. The second-order valence-electron chi connectivity index (χ2n) is 5.13. The van der Waals surface area contributed by atoms with Crippen molar-refractivity contribution in [2.45, 2.75) is 25.8 Å². The number of hydrogen-bond acceptors (Lipinski definition) is 2. The van der Waals surface area contributed by atoms with Crippen molar-refractivity contribution < 1.29 is 9.59 Å². The van der Waals surface area contributed by atoms with Gasteiger partial charge in [-0.3, -0.25) is 9.59 Å². The maximum Gasteiger partial charge on any atom is 0.220 e. The highest BCUT2D eigenvalue weighted by molar-refractivity contribution is 14.1. The van der Waals surface area contributed by atoms with E-state index in [0.717, 1.165) is 9.13 Å². The second-order valence-corrected chi connectivity index (χ2v) is 6.38. The minimum absolute atomic E-state index is 0.00101. The van der Waals surface area contributed by atoms with E-state index in [2.05, 4.69) is 27.9 Å². The van der Waals surface area contributed by atoms with E-state index in [9.17, 15) is 9.59 Å². The summed E-state index contributed by atoms with van der Waals surface area (Å²) in [5, 5.41) is 2.92. The fraction of sp³-hybridized carbons (Fsp3) is 0.222. The first kappa shape index (κ1) is 16.7. The van der Waals surface area contributed by atoms with E-state index < -0.39 is 0 Å². The molecular weight excluding hydrogens is 389 g/mol. The highest BCUT2D eigenvalue weighted by Crippen LogP contribution is 2.13. The van der Waals surface area contributed by atoms with Crippen molar-refractivity contribution in [2.75, 3.05) is 0 Å². The van der Waals surface area contributed by atoms with Gasteiger partial charge in [0, 0.05) is 22.0 Å². The van der Waals surface area contributed by atoms with Crippen LogP contribution >= 0.6 is 22.6 Å². The molecule has 3 nitrogen and oxygen atoms in total. The lowest BCUT2D eigenvalue weighted by molar-refractivity contribution is -0.121. The molecule has 2 aromatic carbocycles. The predicted octanol–water partition coefficient (Wildman–Crippen LogP) is 4.13. The number of benzene rings is 2. The minimum atomic E-state index is -0.102. The Morgan fingerprint density at radius 3 is 2.27 bits per heavy atom. The molecule has 0 aromatic heterocycles. The molecule has 114 valence electrons. The van der Waals surface area contributed by atoms with Crippen LogP contribution in [0.2, 0.25) is 0 Å². The van der Waals surface area contributed by atoms with Crippen LogP contribution in [0.4, 0.5) is 0 Å². The van der Waals surface area contributed by atoms with Crippen molar-refractivity contribution in [1.82, 2.24) is 5.32 Å². The molecule has 0 radical (unpaired) electrons. The maximum atomic E-state index is 12.0. The van der Waals surface area contributed by atoms with E-state index in [4.69, 9.17) is 0 Å². The quantitative estimate of drug-likeness (QED) is 0.578. The molecule has 0 heterocycles. The van der Waals surface area contributed by atoms with Gasteiger partial charge in [-0.15, -0.1) is 0 Å². The van der Waals surface area contributed by atoms with Gasteiger partial charge in [0.1, 0.15) is 0 Å². The number of amides is 1. The average molecular weight is 407 g/mol. The summed E-state index contributed by atoms with van der Waals surface area (Å²) in [7, 11) is 0. The second kappa shape index (κ2) is 8.08. The van der Waals surface area contributed by atoms with E-state index in [1.165, 1.54) is 0 Å². The Balaban J connectivity index is 1.82. The third kappa shape index (κ3) is 4.94. The fourth-order valence-corrected chi connectivity index (χ4v) is 2.51. The normalized spacial score (nSPS) is 11.7. The molecular formula is C18H18INO2. The van der Waals surface area contributed by atoms with Gasteiger partial charge in [-0.05, 0) is 47.2 Å². The first-order chi connectivity index (χ1) is 10.6. The summed E-state index contributed by atoms with van der Waals surface area (Å²) in [5.74, 6) is -0.103. The van der Waals surface area contributed by atoms with Crippen molar-refractivity contribution in [2.24, 2.45) is 0 Å². The lowest BCUT2D eigenvalue weighted by Crippen LogP contribution is -2.26. The lowest BCUT2D eigenvalue weighted by atomic mass is 10.1. The largest absolute Gasteiger partial charge is 0.350 e. The third-order valence-electron chi connectivity index (χ3n) is 3.42.